The van der Waals surface area contributed by atoms with Gasteiger partial charge in [0.15, 0.2) is 5.96 Å². The Morgan fingerprint density at radius 2 is 1.97 bits per heavy atom. The van der Waals surface area contributed by atoms with Crippen LogP contribution in [0.5, 0.6) is 0 Å². The first-order valence-corrected chi connectivity index (χ1v) is 10.3. The highest BCUT2D eigenvalue weighted by atomic mass is 16.6. The normalized spacial score (nSPS) is 16.0. The summed E-state index contributed by atoms with van der Waals surface area (Å²) in [7, 11) is 1.86. The number of aryl methyl sites for hydroxylation is 1. The second-order valence-electron chi connectivity index (χ2n) is 8.08. The van der Waals surface area contributed by atoms with Crippen LogP contribution in [0.1, 0.15) is 39.9 Å². The monoisotopic (exact) mass is 408 g/mol. The van der Waals surface area contributed by atoms with Crippen LogP contribution in [0.3, 0.4) is 0 Å². The van der Waals surface area contributed by atoms with Gasteiger partial charge in [0.05, 0.1) is 0 Å². The van der Waals surface area contributed by atoms with E-state index in [1.54, 1.807) is 9.58 Å². The predicted octanol–water partition coefficient (Wildman–Crippen LogP) is 0.813. The van der Waals surface area contributed by atoms with Gasteiger partial charge in [-0.15, -0.1) is 0 Å². The number of hydrogen-bond donors (Lipinski definition) is 2. The van der Waals surface area contributed by atoms with Gasteiger partial charge < -0.3 is 20.3 Å². The van der Waals surface area contributed by atoms with Gasteiger partial charge in [-0.1, -0.05) is 0 Å². The minimum Gasteiger partial charge on any atom is -0.444 e. The number of rotatable bonds is 7. The number of aromatic nitrogens is 3. The van der Waals surface area contributed by atoms with E-state index in [2.05, 4.69) is 30.6 Å². The molecule has 1 saturated heterocycles. The van der Waals surface area contributed by atoms with Crippen LogP contribution in [0, 0.1) is 0 Å². The molecule has 1 fully saturated rings. The van der Waals surface area contributed by atoms with Gasteiger partial charge in [0, 0.05) is 46.3 Å². The fourth-order valence-electron chi connectivity index (χ4n) is 2.94. The van der Waals surface area contributed by atoms with E-state index in [9.17, 15) is 4.79 Å². The SMILES string of the molecule is CCNC(=NCc1ncnn1C)NCCCN1CCN(C(=O)OC(C)(C)C)CC1. The lowest BCUT2D eigenvalue weighted by Crippen LogP contribution is -2.50. The Hall–Kier alpha value is -2.36. The third-order valence-corrected chi connectivity index (χ3v) is 4.50. The number of carbonyl (C=O) groups is 1. The van der Waals surface area contributed by atoms with Crippen LogP contribution in [-0.4, -0.2) is 88.0 Å². The molecule has 0 atom stereocenters. The van der Waals surface area contributed by atoms with Crippen molar-refractivity contribution in [2.24, 2.45) is 12.0 Å². The van der Waals surface area contributed by atoms with E-state index >= 15 is 0 Å². The Kier molecular flexibility index (Phi) is 8.69. The number of nitrogens with one attached hydrogen (secondary N) is 2. The lowest BCUT2D eigenvalue weighted by molar-refractivity contribution is 0.0145. The van der Waals surface area contributed by atoms with E-state index < -0.39 is 5.60 Å². The molecule has 0 aliphatic carbocycles. The zero-order valence-corrected chi connectivity index (χ0v) is 18.4. The van der Waals surface area contributed by atoms with Crippen LogP contribution < -0.4 is 10.6 Å². The molecule has 1 aliphatic rings. The van der Waals surface area contributed by atoms with Crippen LogP contribution in [0.25, 0.3) is 0 Å². The van der Waals surface area contributed by atoms with Gasteiger partial charge in [0.2, 0.25) is 0 Å². The average molecular weight is 409 g/mol. The van der Waals surface area contributed by atoms with Gasteiger partial charge in [-0.2, -0.15) is 5.10 Å². The molecule has 10 nitrogen and oxygen atoms in total. The largest absolute Gasteiger partial charge is 0.444 e. The number of ether oxygens (including phenoxy) is 1. The minimum absolute atomic E-state index is 0.215. The fraction of sp³-hybridized carbons (Fsp3) is 0.789. The van der Waals surface area contributed by atoms with E-state index in [0.29, 0.717) is 19.6 Å². The molecule has 0 spiro atoms. The molecule has 1 aromatic heterocycles. The molecule has 1 aromatic rings. The van der Waals surface area contributed by atoms with Crippen LogP contribution in [0.4, 0.5) is 4.79 Å². The van der Waals surface area contributed by atoms with Crippen molar-refractivity contribution < 1.29 is 9.53 Å². The van der Waals surface area contributed by atoms with Gasteiger partial charge in [0.25, 0.3) is 0 Å². The zero-order chi connectivity index (χ0) is 21.3. The van der Waals surface area contributed by atoms with Crippen molar-refractivity contribution in [3.8, 4) is 0 Å². The Bertz CT molecular complexity index is 659. The standard InChI is InChI=1S/C19H36N8O2/c1-6-20-17(22-14-16-23-15-24-25(16)5)21-8-7-9-26-10-12-27(13-11-26)18(28)29-19(2,3)4/h15H,6-14H2,1-5H3,(H2,20,21,22). The summed E-state index contributed by atoms with van der Waals surface area (Å²) in [5, 5.41) is 10.7. The highest BCUT2D eigenvalue weighted by Crippen LogP contribution is 2.11. The Morgan fingerprint density at radius 3 is 2.55 bits per heavy atom. The maximum absolute atomic E-state index is 12.1. The van der Waals surface area contributed by atoms with Gasteiger partial charge in [0.1, 0.15) is 24.3 Å². The summed E-state index contributed by atoms with van der Waals surface area (Å²) >= 11 is 0. The summed E-state index contributed by atoms with van der Waals surface area (Å²) in [6, 6.07) is 0. The summed E-state index contributed by atoms with van der Waals surface area (Å²) in [6.45, 7) is 14.0. The first kappa shape index (κ1) is 22.9. The molecule has 0 bridgehead atoms. The third kappa shape index (κ3) is 8.26. The molecule has 0 aromatic carbocycles. The van der Waals surface area contributed by atoms with E-state index in [4.69, 9.17) is 4.74 Å². The van der Waals surface area contributed by atoms with E-state index in [1.807, 2.05) is 34.7 Å². The lowest BCUT2D eigenvalue weighted by Gasteiger charge is -2.35. The molecule has 2 N–H and O–H groups in total. The number of guanidine groups is 1. The van der Waals surface area contributed by atoms with Crippen molar-refractivity contribution in [1.29, 1.82) is 0 Å². The zero-order valence-electron chi connectivity index (χ0n) is 18.4. The Labute approximate surface area is 173 Å². The second-order valence-corrected chi connectivity index (χ2v) is 8.08. The minimum atomic E-state index is -0.446. The van der Waals surface area contributed by atoms with E-state index in [-0.39, 0.29) is 6.09 Å². The third-order valence-electron chi connectivity index (χ3n) is 4.50. The van der Waals surface area contributed by atoms with Crippen molar-refractivity contribution in [2.75, 3.05) is 45.8 Å². The summed E-state index contributed by atoms with van der Waals surface area (Å²) in [6.07, 6.45) is 2.32. The van der Waals surface area contributed by atoms with E-state index in [0.717, 1.165) is 50.9 Å². The van der Waals surface area contributed by atoms with Crippen molar-refractivity contribution >= 4 is 12.1 Å². The van der Waals surface area contributed by atoms with Crippen molar-refractivity contribution in [3.05, 3.63) is 12.2 Å². The number of amides is 1. The van der Waals surface area contributed by atoms with Crippen LogP contribution in [-0.2, 0) is 18.3 Å². The van der Waals surface area contributed by atoms with Gasteiger partial charge in [-0.3, -0.25) is 9.58 Å². The Balaban J connectivity index is 1.66. The van der Waals surface area contributed by atoms with Gasteiger partial charge in [-0.25, -0.2) is 14.8 Å². The van der Waals surface area contributed by atoms with Gasteiger partial charge >= 0.3 is 6.09 Å². The molecular formula is C19H36N8O2. The smallest absolute Gasteiger partial charge is 0.410 e. The topological polar surface area (TPSA) is 99.9 Å². The number of nitrogens with zero attached hydrogens (tertiary/aromatic N) is 6. The molecular weight excluding hydrogens is 372 g/mol. The number of hydrogen-bond acceptors (Lipinski definition) is 6. The first-order chi connectivity index (χ1) is 13.8. The average Bonchev–Trinajstić information content (AvgIpc) is 3.07. The summed E-state index contributed by atoms with van der Waals surface area (Å²) in [5.41, 5.74) is -0.446. The van der Waals surface area contributed by atoms with Gasteiger partial charge in [-0.05, 0) is 40.7 Å². The molecule has 1 aliphatic heterocycles. The Morgan fingerprint density at radius 1 is 1.24 bits per heavy atom. The van der Waals surface area contributed by atoms with Crippen molar-refractivity contribution in [1.82, 2.24) is 35.2 Å². The molecule has 0 unspecified atom stereocenters. The molecule has 0 saturated carbocycles. The summed E-state index contributed by atoms with van der Waals surface area (Å²) in [5.74, 6) is 1.61. The fourth-order valence-corrected chi connectivity index (χ4v) is 2.94. The quantitative estimate of drug-likeness (QED) is 0.391. The highest BCUT2D eigenvalue weighted by Gasteiger charge is 2.25. The molecule has 2 rings (SSSR count). The predicted molar refractivity (Wildman–Crippen MR) is 113 cm³/mol. The molecule has 1 amide bonds. The van der Waals surface area contributed by atoms with Crippen LogP contribution in [0.15, 0.2) is 11.3 Å². The van der Waals surface area contributed by atoms with Crippen LogP contribution in [0.2, 0.25) is 0 Å². The number of piperazine rings is 1. The maximum Gasteiger partial charge on any atom is 0.410 e. The molecule has 2 heterocycles. The number of carbonyl (C=O) groups excluding carboxylic acids is 1. The molecule has 164 valence electrons. The van der Waals surface area contributed by atoms with E-state index in [1.165, 1.54) is 6.33 Å². The maximum atomic E-state index is 12.1. The first-order valence-electron chi connectivity index (χ1n) is 10.3. The molecule has 29 heavy (non-hydrogen) atoms. The summed E-state index contributed by atoms with van der Waals surface area (Å²) in [4.78, 5) is 25.1. The second kappa shape index (κ2) is 11.0. The summed E-state index contributed by atoms with van der Waals surface area (Å²) < 4.78 is 7.17. The highest BCUT2D eigenvalue weighted by molar-refractivity contribution is 5.79. The van der Waals surface area contributed by atoms with Crippen molar-refractivity contribution in [3.63, 3.8) is 0 Å². The van der Waals surface area contributed by atoms with Crippen LogP contribution >= 0.6 is 0 Å². The molecule has 10 heteroatoms. The lowest BCUT2D eigenvalue weighted by atomic mass is 10.2. The molecule has 0 radical (unpaired) electrons. The van der Waals surface area contributed by atoms with Crippen molar-refractivity contribution in [2.45, 2.75) is 46.3 Å². The number of aliphatic imine (C=N–C) groups is 1.